The number of hydrogen-bond donors (Lipinski definition) is 1. The van der Waals surface area contributed by atoms with Gasteiger partial charge in [0.25, 0.3) is 0 Å². The maximum atomic E-state index is 12.2. The van der Waals surface area contributed by atoms with Gasteiger partial charge < -0.3 is 33.5 Å². The number of carbonyl (C=O) groups excluding carboxylic acids is 4. The number of esters is 3. The molecule has 0 unspecified atom stereocenters. The SMILES string of the molecule is C=CC(=O)OCCCCCCOc1ccc(/C=C/C(=O)Oc2ccc(OC(=O)OCCCCOC(=O)C(=C)CO)cc2)cc1. The van der Waals surface area contributed by atoms with E-state index in [4.69, 9.17) is 33.5 Å². The number of rotatable bonds is 20. The van der Waals surface area contributed by atoms with Gasteiger partial charge in [0.05, 0.1) is 38.6 Å². The van der Waals surface area contributed by atoms with Gasteiger partial charge in [-0.05, 0) is 86.6 Å². The fourth-order valence-corrected chi connectivity index (χ4v) is 3.36. The molecular formula is C33H38O11. The highest BCUT2D eigenvalue weighted by atomic mass is 16.7. The smallest absolute Gasteiger partial charge is 0.494 e. The second-order valence-corrected chi connectivity index (χ2v) is 9.23. The van der Waals surface area contributed by atoms with Gasteiger partial charge in [-0.25, -0.2) is 19.2 Å². The van der Waals surface area contributed by atoms with Crippen molar-refractivity contribution >= 4 is 30.1 Å². The maximum absolute atomic E-state index is 12.2. The van der Waals surface area contributed by atoms with Crippen molar-refractivity contribution < 1.29 is 52.7 Å². The third-order valence-electron chi connectivity index (χ3n) is 5.72. The fourth-order valence-electron chi connectivity index (χ4n) is 3.36. The van der Waals surface area contributed by atoms with Gasteiger partial charge in [0.1, 0.15) is 17.2 Å². The Morgan fingerprint density at radius 3 is 1.84 bits per heavy atom. The van der Waals surface area contributed by atoms with E-state index >= 15 is 0 Å². The van der Waals surface area contributed by atoms with Crippen molar-refractivity contribution in [1.82, 2.24) is 0 Å². The predicted octanol–water partition coefficient (Wildman–Crippen LogP) is 5.36. The van der Waals surface area contributed by atoms with Gasteiger partial charge in [0.2, 0.25) is 0 Å². The number of unbranched alkanes of at least 4 members (excludes halogenated alkanes) is 4. The first-order chi connectivity index (χ1) is 21.3. The summed E-state index contributed by atoms with van der Waals surface area (Å²) in [4.78, 5) is 46.3. The van der Waals surface area contributed by atoms with Crippen molar-refractivity contribution in [3.63, 3.8) is 0 Å². The molecular weight excluding hydrogens is 572 g/mol. The van der Waals surface area contributed by atoms with Crippen molar-refractivity contribution in [2.75, 3.05) is 33.0 Å². The zero-order chi connectivity index (χ0) is 32.0. The summed E-state index contributed by atoms with van der Waals surface area (Å²) in [5.41, 5.74) is 0.762. The number of aliphatic hydroxyl groups is 1. The van der Waals surface area contributed by atoms with Crippen molar-refractivity contribution in [3.8, 4) is 17.2 Å². The van der Waals surface area contributed by atoms with E-state index in [1.165, 1.54) is 30.3 Å². The Balaban J connectivity index is 1.60. The van der Waals surface area contributed by atoms with E-state index < -0.39 is 30.7 Å². The van der Waals surface area contributed by atoms with Crippen molar-refractivity contribution in [2.24, 2.45) is 0 Å². The van der Waals surface area contributed by atoms with Crippen LogP contribution < -0.4 is 14.2 Å². The predicted molar refractivity (Wildman–Crippen MR) is 161 cm³/mol. The Morgan fingerprint density at radius 1 is 0.659 bits per heavy atom. The summed E-state index contributed by atoms with van der Waals surface area (Å²) in [5.74, 6) is -0.460. The van der Waals surface area contributed by atoms with E-state index in [2.05, 4.69) is 13.2 Å². The number of benzene rings is 2. The van der Waals surface area contributed by atoms with Crippen LogP contribution in [0.4, 0.5) is 4.79 Å². The quantitative estimate of drug-likeness (QED) is 0.0517. The molecule has 236 valence electrons. The van der Waals surface area contributed by atoms with Crippen LogP contribution in [0.15, 0.2) is 79.4 Å². The zero-order valence-electron chi connectivity index (χ0n) is 24.6. The molecule has 44 heavy (non-hydrogen) atoms. The van der Waals surface area contributed by atoms with Gasteiger partial charge in [-0.3, -0.25) is 0 Å². The lowest BCUT2D eigenvalue weighted by atomic mass is 10.2. The lowest BCUT2D eigenvalue weighted by Gasteiger charge is -2.07. The van der Waals surface area contributed by atoms with Gasteiger partial charge in [-0.2, -0.15) is 0 Å². The van der Waals surface area contributed by atoms with Gasteiger partial charge in [-0.1, -0.05) is 25.3 Å². The van der Waals surface area contributed by atoms with Crippen LogP contribution in [-0.4, -0.2) is 62.2 Å². The highest BCUT2D eigenvalue weighted by molar-refractivity contribution is 5.89. The topological polar surface area (TPSA) is 144 Å². The Morgan fingerprint density at radius 2 is 1.20 bits per heavy atom. The summed E-state index contributed by atoms with van der Waals surface area (Å²) in [6.07, 6.45) is 7.65. The molecule has 0 atom stereocenters. The molecule has 0 aliphatic carbocycles. The molecule has 0 fully saturated rings. The van der Waals surface area contributed by atoms with E-state index in [1.807, 2.05) is 24.3 Å². The number of hydrogen-bond acceptors (Lipinski definition) is 11. The van der Waals surface area contributed by atoms with Crippen LogP contribution in [0.5, 0.6) is 17.2 Å². The molecule has 2 aromatic carbocycles. The highest BCUT2D eigenvalue weighted by Gasteiger charge is 2.09. The average Bonchev–Trinajstić information content (AvgIpc) is 3.03. The normalized spacial score (nSPS) is 10.5. The number of aliphatic hydroxyl groups excluding tert-OH is 1. The standard InChI is InChI=1S/C33H38O11/c1-3-30(35)40-21-7-5-4-6-20-39-27-13-10-26(11-14-27)12-19-31(36)43-28-15-17-29(18-16-28)44-33(38)42-23-9-8-22-41-32(37)25(2)24-34/h3,10-19,34H,1-2,4-9,20-24H2/b19-12+. The minimum absolute atomic E-state index is 0.0293. The highest BCUT2D eigenvalue weighted by Crippen LogP contribution is 2.19. The Kier molecular flexibility index (Phi) is 16.8. The fraction of sp³-hybridized carbons (Fsp3) is 0.333. The largest absolute Gasteiger partial charge is 0.513 e. The zero-order valence-corrected chi connectivity index (χ0v) is 24.6. The second kappa shape index (κ2) is 20.9. The van der Waals surface area contributed by atoms with Crippen molar-refractivity contribution in [3.05, 3.63) is 85.0 Å². The van der Waals surface area contributed by atoms with Gasteiger partial charge in [0, 0.05) is 12.2 Å². The first kappa shape index (κ1) is 35.3. The molecule has 0 heterocycles. The van der Waals surface area contributed by atoms with Crippen LogP contribution in [-0.2, 0) is 28.6 Å². The molecule has 0 saturated heterocycles. The number of carbonyl (C=O) groups is 4. The monoisotopic (exact) mass is 610 g/mol. The van der Waals surface area contributed by atoms with Crippen LogP contribution >= 0.6 is 0 Å². The van der Waals surface area contributed by atoms with Crippen LogP contribution in [0.2, 0.25) is 0 Å². The van der Waals surface area contributed by atoms with E-state index in [0.717, 1.165) is 43.1 Å². The summed E-state index contributed by atoms with van der Waals surface area (Å²) in [7, 11) is 0. The molecule has 0 saturated carbocycles. The lowest BCUT2D eigenvalue weighted by molar-refractivity contribution is -0.140. The van der Waals surface area contributed by atoms with E-state index in [0.29, 0.717) is 26.1 Å². The summed E-state index contributed by atoms with van der Waals surface area (Å²) < 4.78 is 30.9. The minimum Gasteiger partial charge on any atom is -0.494 e. The van der Waals surface area contributed by atoms with Gasteiger partial charge in [-0.15, -0.1) is 0 Å². The molecule has 0 amide bonds. The first-order valence-corrected chi connectivity index (χ1v) is 14.1. The molecule has 0 spiro atoms. The lowest BCUT2D eigenvalue weighted by Crippen LogP contribution is -2.13. The third-order valence-corrected chi connectivity index (χ3v) is 5.72. The molecule has 0 aromatic heterocycles. The van der Waals surface area contributed by atoms with Crippen LogP contribution in [0, 0.1) is 0 Å². The van der Waals surface area contributed by atoms with Gasteiger partial charge >= 0.3 is 24.1 Å². The summed E-state index contributed by atoms with van der Waals surface area (Å²) in [6, 6.07) is 13.2. The Bertz CT molecular complexity index is 1250. The molecule has 2 aromatic rings. The second-order valence-electron chi connectivity index (χ2n) is 9.23. The molecule has 0 radical (unpaired) electrons. The molecule has 1 N–H and O–H groups in total. The molecule has 0 aliphatic rings. The van der Waals surface area contributed by atoms with Crippen LogP contribution in [0.1, 0.15) is 44.1 Å². The molecule has 2 rings (SSSR count). The van der Waals surface area contributed by atoms with Crippen LogP contribution in [0.3, 0.4) is 0 Å². The third kappa shape index (κ3) is 15.4. The molecule has 11 nitrogen and oxygen atoms in total. The van der Waals surface area contributed by atoms with E-state index in [9.17, 15) is 19.2 Å². The number of ether oxygens (including phenoxy) is 6. The van der Waals surface area contributed by atoms with E-state index in [1.54, 1.807) is 6.08 Å². The van der Waals surface area contributed by atoms with Gasteiger partial charge in [0.15, 0.2) is 0 Å². The average molecular weight is 611 g/mol. The van der Waals surface area contributed by atoms with Crippen molar-refractivity contribution in [1.29, 1.82) is 0 Å². The molecule has 0 aliphatic heterocycles. The summed E-state index contributed by atoms with van der Waals surface area (Å²) in [6.45, 7) is 7.38. The van der Waals surface area contributed by atoms with Crippen LogP contribution in [0.25, 0.3) is 6.08 Å². The Hall–Kier alpha value is -4.90. The minimum atomic E-state index is -0.902. The van der Waals surface area contributed by atoms with E-state index in [-0.39, 0.29) is 30.3 Å². The maximum Gasteiger partial charge on any atom is 0.513 e. The Labute approximate surface area is 256 Å². The molecule has 11 heteroatoms. The van der Waals surface area contributed by atoms with Crippen molar-refractivity contribution in [2.45, 2.75) is 38.5 Å². The summed E-state index contributed by atoms with van der Waals surface area (Å²) >= 11 is 0. The summed E-state index contributed by atoms with van der Waals surface area (Å²) in [5, 5.41) is 8.80. The first-order valence-electron chi connectivity index (χ1n) is 14.1. The molecule has 0 bridgehead atoms.